The van der Waals surface area contributed by atoms with Crippen LogP contribution in [0.3, 0.4) is 0 Å². The smallest absolute Gasteiger partial charge is 0.104 e. The molecule has 0 N–H and O–H groups in total. The van der Waals surface area contributed by atoms with E-state index < -0.39 is 0 Å². The summed E-state index contributed by atoms with van der Waals surface area (Å²) in [6.45, 7) is 4.65. The van der Waals surface area contributed by atoms with Crippen LogP contribution in [0, 0.1) is 0 Å². The van der Waals surface area contributed by atoms with Crippen LogP contribution in [0.1, 0.15) is 121 Å². The molecule has 1 aliphatic rings. The highest BCUT2D eigenvalue weighted by Gasteiger charge is 2.22. The summed E-state index contributed by atoms with van der Waals surface area (Å²) in [5.74, 6) is 0. The zero-order chi connectivity index (χ0) is 21.1. The number of rotatable bonds is 21. The molecule has 1 unspecified atom stereocenters. The minimum atomic E-state index is 0.359. The molecule has 1 aromatic rings. The molecule has 0 aromatic heterocycles. The van der Waals surface area contributed by atoms with E-state index in [1.54, 1.807) is 0 Å². The summed E-state index contributed by atoms with van der Waals surface area (Å²) in [6.07, 6.45) is 24.4. The van der Waals surface area contributed by atoms with Gasteiger partial charge in [-0.2, -0.15) is 0 Å². The molecule has 0 amide bonds. The molecule has 1 fully saturated rings. The molecule has 2 rings (SSSR count). The number of hydrogen-bond donors (Lipinski definition) is 0. The van der Waals surface area contributed by atoms with Crippen molar-refractivity contribution in [3.63, 3.8) is 0 Å². The van der Waals surface area contributed by atoms with Gasteiger partial charge in [0.15, 0.2) is 0 Å². The Labute approximate surface area is 187 Å². The molecule has 0 spiro atoms. The molecule has 2 nitrogen and oxygen atoms in total. The minimum absolute atomic E-state index is 0.359. The number of aryl methyl sites for hydroxylation is 1. The average molecular weight is 417 g/mol. The standard InChI is InChI=1S/C28H48O2/c1-2-3-4-5-6-7-8-9-10-11-12-13-14-15-16-17-20-26-21-18-19-22-27(26)23-29-24-28-25-30-28/h18-19,21-22,28H,2-17,20,23-25H2,1H3. The zero-order valence-electron chi connectivity index (χ0n) is 19.8. The number of hydrogen-bond acceptors (Lipinski definition) is 2. The van der Waals surface area contributed by atoms with Crippen LogP contribution in [0.2, 0.25) is 0 Å². The molecule has 1 saturated heterocycles. The first-order chi connectivity index (χ1) is 14.9. The first-order valence-electron chi connectivity index (χ1n) is 13.2. The monoisotopic (exact) mass is 416 g/mol. The van der Waals surface area contributed by atoms with Crippen molar-refractivity contribution in [2.24, 2.45) is 0 Å². The molecule has 1 atom stereocenters. The summed E-state index contributed by atoms with van der Waals surface area (Å²) in [6, 6.07) is 8.78. The predicted octanol–water partition coefficient (Wildman–Crippen LogP) is 8.41. The van der Waals surface area contributed by atoms with Gasteiger partial charge in [0.1, 0.15) is 6.10 Å². The van der Waals surface area contributed by atoms with Crippen molar-refractivity contribution in [2.75, 3.05) is 13.2 Å². The van der Waals surface area contributed by atoms with Crippen LogP contribution in [-0.4, -0.2) is 19.3 Å². The third-order valence-electron chi connectivity index (χ3n) is 6.38. The van der Waals surface area contributed by atoms with Crippen LogP contribution in [0.5, 0.6) is 0 Å². The molecular weight excluding hydrogens is 368 g/mol. The molecule has 0 bridgehead atoms. The third-order valence-corrected chi connectivity index (χ3v) is 6.38. The van der Waals surface area contributed by atoms with Crippen LogP contribution in [0.25, 0.3) is 0 Å². The van der Waals surface area contributed by atoms with E-state index >= 15 is 0 Å². The predicted molar refractivity (Wildman–Crippen MR) is 129 cm³/mol. The van der Waals surface area contributed by atoms with Crippen LogP contribution in [-0.2, 0) is 22.5 Å². The zero-order valence-corrected chi connectivity index (χ0v) is 19.8. The fourth-order valence-electron chi connectivity index (χ4n) is 4.27. The second-order valence-corrected chi connectivity index (χ2v) is 9.29. The Hall–Kier alpha value is -0.860. The van der Waals surface area contributed by atoms with Gasteiger partial charge in [0, 0.05) is 0 Å². The molecule has 1 aromatic carbocycles. The van der Waals surface area contributed by atoms with Crippen molar-refractivity contribution >= 4 is 0 Å². The van der Waals surface area contributed by atoms with E-state index in [-0.39, 0.29) is 0 Å². The summed E-state index contributed by atoms with van der Waals surface area (Å²) in [5.41, 5.74) is 2.83. The van der Waals surface area contributed by atoms with Crippen molar-refractivity contribution in [1.82, 2.24) is 0 Å². The van der Waals surface area contributed by atoms with Crippen LogP contribution < -0.4 is 0 Å². The van der Waals surface area contributed by atoms with Gasteiger partial charge in [-0.1, -0.05) is 128 Å². The Bertz CT molecular complexity index is 509. The Morgan fingerprint density at radius 3 is 1.67 bits per heavy atom. The van der Waals surface area contributed by atoms with E-state index in [4.69, 9.17) is 9.47 Å². The topological polar surface area (TPSA) is 21.8 Å². The number of benzene rings is 1. The van der Waals surface area contributed by atoms with Gasteiger partial charge in [0.2, 0.25) is 0 Å². The normalized spacial score (nSPS) is 15.6. The lowest BCUT2D eigenvalue weighted by atomic mass is 10.00. The molecule has 1 heterocycles. The van der Waals surface area contributed by atoms with E-state index in [0.717, 1.165) is 19.8 Å². The summed E-state index contributed by atoms with van der Waals surface area (Å²) >= 11 is 0. The summed E-state index contributed by atoms with van der Waals surface area (Å²) in [7, 11) is 0. The fourth-order valence-corrected chi connectivity index (χ4v) is 4.27. The minimum Gasteiger partial charge on any atom is -0.374 e. The Morgan fingerprint density at radius 2 is 1.17 bits per heavy atom. The van der Waals surface area contributed by atoms with Crippen molar-refractivity contribution in [2.45, 2.75) is 129 Å². The van der Waals surface area contributed by atoms with Crippen LogP contribution in [0.4, 0.5) is 0 Å². The van der Waals surface area contributed by atoms with Crippen molar-refractivity contribution in [3.8, 4) is 0 Å². The Morgan fingerprint density at radius 1 is 0.700 bits per heavy atom. The molecule has 1 aliphatic heterocycles. The fraction of sp³-hybridized carbons (Fsp3) is 0.786. The number of epoxide rings is 1. The third kappa shape index (κ3) is 13.4. The van der Waals surface area contributed by atoms with E-state index in [2.05, 4.69) is 31.2 Å². The van der Waals surface area contributed by atoms with Gasteiger partial charge in [-0.25, -0.2) is 0 Å². The lowest BCUT2D eigenvalue weighted by Gasteiger charge is -2.10. The molecule has 0 saturated carbocycles. The molecule has 172 valence electrons. The lowest BCUT2D eigenvalue weighted by molar-refractivity contribution is 0.103. The van der Waals surface area contributed by atoms with Gasteiger partial charge in [-0.15, -0.1) is 0 Å². The highest BCUT2D eigenvalue weighted by molar-refractivity contribution is 5.26. The van der Waals surface area contributed by atoms with Gasteiger partial charge >= 0.3 is 0 Å². The van der Waals surface area contributed by atoms with Gasteiger partial charge in [-0.3, -0.25) is 0 Å². The molecule has 2 heteroatoms. The number of unbranched alkanes of at least 4 members (excludes halogenated alkanes) is 15. The maximum atomic E-state index is 5.79. The van der Waals surface area contributed by atoms with Gasteiger partial charge < -0.3 is 9.47 Å². The first-order valence-corrected chi connectivity index (χ1v) is 13.2. The maximum Gasteiger partial charge on any atom is 0.104 e. The highest BCUT2D eigenvalue weighted by Crippen LogP contribution is 2.17. The lowest BCUT2D eigenvalue weighted by Crippen LogP contribution is -2.03. The Kier molecular flexibility index (Phi) is 15.1. The Balaban J connectivity index is 1.35. The average Bonchev–Trinajstić information content (AvgIpc) is 3.59. The van der Waals surface area contributed by atoms with E-state index in [9.17, 15) is 0 Å². The summed E-state index contributed by atoms with van der Waals surface area (Å²) in [4.78, 5) is 0. The summed E-state index contributed by atoms with van der Waals surface area (Å²) < 4.78 is 11.0. The second kappa shape index (κ2) is 17.8. The van der Waals surface area contributed by atoms with E-state index in [0.29, 0.717) is 6.10 Å². The molecular formula is C28H48O2. The highest BCUT2D eigenvalue weighted by atomic mass is 16.6. The first kappa shape index (κ1) is 25.4. The maximum absolute atomic E-state index is 5.79. The second-order valence-electron chi connectivity index (χ2n) is 9.29. The van der Waals surface area contributed by atoms with Crippen molar-refractivity contribution in [3.05, 3.63) is 35.4 Å². The van der Waals surface area contributed by atoms with E-state index in [1.807, 2.05) is 0 Å². The quantitative estimate of drug-likeness (QED) is 0.148. The molecule has 0 radical (unpaired) electrons. The van der Waals surface area contributed by atoms with Crippen molar-refractivity contribution < 1.29 is 9.47 Å². The van der Waals surface area contributed by atoms with Gasteiger partial charge in [0.25, 0.3) is 0 Å². The van der Waals surface area contributed by atoms with Crippen molar-refractivity contribution in [1.29, 1.82) is 0 Å². The van der Waals surface area contributed by atoms with Gasteiger partial charge in [-0.05, 0) is 24.0 Å². The van der Waals surface area contributed by atoms with Crippen LogP contribution in [0.15, 0.2) is 24.3 Å². The van der Waals surface area contributed by atoms with E-state index in [1.165, 1.54) is 120 Å². The molecule has 0 aliphatic carbocycles. The SMILES string of the molecule is CCCCCCCCCCCCCCCCCCc1ccccc1COCC1CO1. The number of ether oxygens (including phenoxy) is 2. The largest absolute Gasteiger partial charge is 0.374 e. The molecule has 30 heavy (non-hydrogen) atoms. The van der Waals surface area contributed by atoms with Gasteiger partial charge in [0.05, 0.1) is 19.8 Å². The summed E-state index contributed by atoms with van der Waals surface area (Å²) in [5, 5.41) is 0. The van der Waals surface area contributed by atoms with Crippen LogP contribution >= 0.6 is 0 Å².